The number of benzene rings is 1. The molecule has 1 fully saturated rings. The molecule has 136 valence electrons. The van der Waals surface area contributed by atoms with Gasteiger partial charge in [-0.3, -0.25) is 14.7 Å². The molecule has 7 nitrogen and oxygen atoms in total. The van der Waals surface area contributed by atoms with Crippen molar-refractivity contribution >= 4 is 17.6 Å². The number of amides is 1. The summed E-state index contributed by atoms with van der Waals surface area (Å²) in [5.74, 6) is 0.904. The van der Waals surface area contributed by atoms with Crippen molar-refractivity contribution in [3.63, 3.8) is 0 Å². The SMILES string of the molecule is O=C(CCN1CCOCC1)Nc1cccc(CNC2=NCCCN2)c1. The van der Waals surface area contributed by atoms with Crippen LogP contribution in [0.1, 0.15) is 18.4 Å². The molecule has 0 bridgehead atoms. The van der Waals surface area contributed by atoms with Crippen molar-refractivity contribution in [2.45, 2.75) is 19.4 Å². The van der Waals surface area contributed by atoms with E-state index < -0.39 is 0 Å². The number of morpholine rings is 1. The summed E-state index contributed by atoms with van der Waals surface area (Å²) in [7, 11) is 0. The van der Waals surface area contributed by atoms with Crippen molar-refractivity contribution in [1.82, 2.24) is 15.5 Å². The zero-order chi connectivity index (χ0) is 17.3. The number of carbonyl (C=O) groups is 1. The van der Waals surface area contributed by atoms with Crippen LogP contribution in [0.3, 0.4) is 0 Å². The Morgan fingerprint density at radius 3 is 3.00 bits per heavy atom. The van der Waals surface area contributed by atoms with E-state index in [2.05, 4.69) is 25.8 Å². The van der Waals surface area contributed by atoms with Gasteiger partial charge in [0, 0.05) is 51.4 Å². The molecule has 7 heteroatoms. The molecule has 0 atom stereocenters. The van der Waals surface area contributed by atoms with Crippen molar-refractivity contribution < 1.29 is 9.53 Å². The number of aliphatic imine (C=N–C) groups is 1. The molecular weight excluding hydrogens is 318 g/mol. The van der Waals surface area contributed by atoms with E-state index in [1.165, 1.54) is 0 Å². The minimum absolute atomic E-state index is 0.0509. The van der Waals surface area contributed by atoms with Gasteiger partial charge in [0.25, 0.3) is 0 Å². The highest BCUT2D eigenvalue weighted by molar-refractivity contribution is 5.90. The summed E-state index contributed by atoms with van der Waals surface area (Å²) in [5, 5.41) is 9.52. The van der Waals surface area contributed by atoms with E-state index in [1.54, 1.807) is 0 Å². The quantitative estimate of drug-likeness (QED) is 0.710. The van der Waals surface area contributed by atoms with Crippen LogP contribution in [0, 0.1) is 0 Å². The lowest BCUT2D eigenvalue weighted by atomic mass is 10.2. The number of carbonyl (C=O) groups excluding carboxylic acids is 1. The van der Waals surface area contributed by atoms with Crippen LogP contribution in [0.25, 0.3) is 0 Å². The van der Waals surface area contributed by atoms with Crippen LogP contribution in [0.2, 0.25) is 0 Å². The fourth-order valence-corrected chi connectivity index (χ4v) is 2.90. The maximum absolute atomic E-state index is 12.2. The highest BCUT2D eigenvalue weighted by atomic mass is 16.5. The van der Waals surface area contributed by atoms with E-state index in [-0.39, 0.29) is 5.91 Å². The van der Waals surface area contributed by atoms with Gasteiger partial charge in [-0.15, -0.1) is 0 Å². The molecule has 1 aromatic rings. The first-order valence-corrected chi connectivity index (χ1v) is 9.01. The minimum atomic E-state index is 0.0509. The summed E-state index contributed by atoms with van der Waals surface area (Å²) in [4.78, 5) is 18.8. The first-order chi connectivity index (χ1) is 12.3. The van der Waals surface area contributed by atoms with Crippen molar-refractivity contribution in [3.05, 3.63) is 29.8 Å². The van der Waals surface area contributed by atoms with Gasteiger partial charge in [-0.2, -0.15) is 0 Å². The summed E-state index contributed by atoms with van der Waals surface area (Å²) in [5.41, 5.74) is 1.95. The minimum Gasteiger partial charge on any atom is -0.379 e. The van der Waals surface area contributed by atoms with Gasteiger partial charge < -0.3 is 20.7 Å². The Hall–Kier alpha value is -2.12. The summed E-state index contributed by atoms with van der Waals surface area (Å²) >= 11 is 0. The van der Waals surface area contributed by atoms with Gasteiger partial charge in [0.1, 0.15) is 0 Å². The maximum atomic E-state index is 12.2. The maximum Gasteiger partial charge on any atom is 0.225 e. The van der Waals surface area contributed by atoms with Gasteiger partial charge in [0.05, 0.1) is 13.2 Å². The van der Waals surface area contributed by atoms with E-state index in [1.807, 2.05) is 24.3 Å². The van der Waals surface area contributed by atoms with Crippen LogP contribution < -0.4 is 16.0 Å². The van der Waals surface area contributed by atoms with Gasteiger partial charge in [0.2, 0.25) is 5.91 Å². The molecule has 0 aromatic heterocycles. The van der Waals surface area contributed by atoms with Gasteiger partial charge >= 0.3 is 0 Å². The third-order valence-corrected chi connectivity index (χ3v) is 4.33. The van der Waals surface area contributed by atoms with E-state index in [0.29, 0.717) is 13.0 Å². The number of rotatable bonds is 6. The molecule has 0 aliphatic carbocycles. The summed E-state index contributed by atoms with van der Waals surface area (Å²) in [6.45, 7) is 6.64. The number of guanidine groups is 1. The van der Waals surface area contributed by atoms with Crippen LogP contribution in [-0.4, -0.2) is 62.7 Å². The fourth-order valence-electron chi connectivity index (χ4n) is 2.90. The number of anilines is 1. The van der Waals surface area contributed by atoms with Crippen molar-refractivity contribution in [2.24, 2.45) is 4.99 Å². The van der Waals surface area contributed by atoms with Crippen LogP contribution in [-0.2, 0) is 16.1 Å². The molecule has 2 heterocycles. The Balaban J connectivity index is 1.43. The Labute approximate surface area is 148 Å². The van der Waals surface area contributed by atoms with Gasteiger partial charge in [-0.25, -0.2) is 0 Å². The number of nitrogens with one attached hydrogen (secondary N) is 3. The molecule has 0 radical (unpaired) electrons. The van der Waals surface area contributed by atoms with Crippen LogP contribution >= 0.6 is 0 Å². The standard InChI is InChI=1S/C18H27N5O2/c24-17(5-8-23-9-11-25-12-10-23)22-16-4-1-3-15(13-16)14-21-18-19-6-2-7-20-18/h1,3-4,13H,2,5-12,14H2,(H,22,24)(H2,19,20,21). The predicted molar refractivity (Wildman–Crippen MR) is 98.7 cm³/mol. The Morgan fingerprint density at radius 1 is 1.32 bits per heavy atom. The third-order valence-electron chi connectivity index (χ3n) is 4.33. The summed E-state index contributed by atoms with van der Waals surface area (Å²) in [6, 6.07) is 7.93. The number of hydrogen-bond acceptors (Lipinski definition) is 6. The lowest BCUT2D eigenvalue weighted by Crippen LogP contribution is -2.40. The monoisotopic (exact) mass is 345 g/mol. The lowest BCUT2D eigenvalue weighted by Gasteiger charge is -2.26. The lowest BCUT2D eigenvalue weighted by molar-refractivity contribution is -0.116. The van der Waals surface area contributed by atoms with Gasteiger partial charge in [-0.05, 0) is 24.1 Å². The van der Waals surface area contributed by atoms with Crippen molar-refractivity contribution in [2.75, 3.05) is 51.3 Å². The number of hydrogen-bond donors (Lipinski definition) is 3. The van der Waals surface area contributed by atoms with Crippen molar-refractivity contribution in [3.8, 4) is 0 Å². The normalized spacial score (nSPS) is 18.2. The molecule has 2 aliphatic heterocycles. The first kappa shape index (κ1) is 17.7. The molecule has 1 aromatic carbocycles. The van der Waals surface area contributed by atoms with E-state index >= 15 is 0 Å². The van der Waals surface area contributed by atoms with Crippen LogP contribution in [0.15, 0.2) is 29.3 Å². The number of ether oxygens (including phenoxy) is 1. The zero-order valence-electron chi connectivity index (χ0n) is 14.6. The average molecular weight is 345 g/mol. The highest BCUT2D eigenvalue weighted by Crippen LogP contribution is 2.11. The molecule has 2 aliphatic rings. The molecular formula is C18H27N5O2. The Bertz CT molecular complexity index is 599. The second kappa shape index (κ2) is 9.39. The van der Waals surface area contributed by atoms with Gasteiger partial charge in [0.15, 0.2) is 5.96 Å². The first-order valence-electron chi connectivity index (χ1n) is 9.01. The van der Waals surface area contributed by atoms with Crippen molar-refractivity contribution in [1.29, 1.82) is 0 Å². The third kappa shape index (κ3) is 6.03. The second-order valence-corrected chi connectivity index (χ2v) is 6.32. The zero-order valence-corrected chi connectivity index (χ0v) is 14.6. The summed E-state index contributed by atoms with van der Waals surface area (Å²) in [6.07, 6.45) is 1.58. The molecule has 0 spiro atoms. The predicted octanol–water partition coefficient (Wildman–Crippen LogP) is 0.786. The van der Waals surface area contributed by atoms with Gasteiger partial charge in [-0.1, -0.05) is 12.1 Å². The number of nitrogens with zero attached hydrogens (tertiary/aromatic N) is 2. The van der Waals surface area contributed by atoms with Crippen LogP contribution in [0.5, 0.6) is 0 Å². The molecule has 3 rings (SSSR count). The average Bonchev–Trinajstić information content (AvgIpc) is 2.67. The smallest absolute Gasteiger partial charge is 0.225 e. The topological polar surface area (TPSA) is 78.0 Å². The van der Waals surface area contributed by atoms with Crippen LogP contribution in [0.4, 0.5) is 5.69 Å². The summed E-state index contributed by atoms with van der Waals surface area (Å²) < 4.78 is 5.32. The van der Waals surface area contributed by atoms with E-state index in [0.717, 1.165) is 69.6 Å². The molecule has 1 amide bonds. The largest absolute Gasteiger partial charge is 0.379 e. The highest BCUT2D eigenvalue weighted by Gasteiger charge is 2.12. The van der Waals surface area contributed by atoms with E-state index in [4.69, 9.17) is 4.74 Å². The second-order valence-electron chi connectivity index (χ2n) is 6.32. The molecule has 1 saturated heterocycles. The molecule has 0 unspecified atom stereocenters. The Kier molecular flexibility index (Phi) is 6.64. The van der Waals surface area contributed by atoms with E-state index in [9.17, 15) is 4.79 Å². The molecule has 0 saturated carbocycles. The molecule has 3 N–H and O–H groups in total. The fraction of sp³-hybridized carbons (Fsp3) is 0.556. The molecule has 25 heavy (non-hydrogen) atoms. The Morgan fingerprint density at radius 2 is 2.20 bits per heavy atom.